The van der Waals surface area contributed by atoms with Crippen molar-refractivity contribution in [2.24, 2.45) is 0 Å². The summed E-state index contributed by atoms with van der Waals surface area (Å²) in [6.45, 7) is 5.11. The van der Waals surface area contributed by atoms with Gasteiger partial charge in [0.2, 0.25) is 0 Å². The molecule has 0 radical (unpaired) electrons. The lowest BCUT2D eigenvalue weighted by molar-refractivity contribution is 0.214. The predicted molar refractivity (Wildman–Crippen MR) is 76.8 cm³/mol. The molecule has 1 aromatic carbocycles. The highest BCUT2D eigenvalue weighted by Gasteiger charge is 2.21. The molecule has 0 saturated heterocycles. The van der Waals surface area contributed by atoms with Crippen molar-refractivity contribution >= 4 is 0 Å². The summed E-state index contributed by atoms with van der Waals surface area (Å²) in [5, 5.41) is 12.6. The smallest absolute Gasteiger partial charge is 0.165 e. The topological polar surface area (TPSA) is 50.7 Å². The molecular weight excluding hydrogens is 242 g/mol. The Morgan fingerprint density at radius 3 is 2.53 bits per heavy atom. The van der Waals surface area contributed by atoms with Crippen LogP contribution in [0.15, 0.2) is 18.2 Å². The van der Waals surface area contributed by atoms with E-state index in [2.05, 4.69) is 19.2 Å². The van der Waals surface area contributed by atoms with Crippen molar-refractivity contribution in [2.45, 2.75) is 38.8 Å². The lowest BCUT2D eigenvalue weighted by atomic mass is 9.94. The van der Waals surface area contributed by atoms with Crippen LogP contribution in [-0.2, 0) is 6.54 Å². The number of rotatable bonds is 8. The van der Waals surface area contributed by atoms with Crippen LogP contribution in [0.4, 0.5) is 0 Å². The largest absolute Gasteiger partial charge is 0.493 e. The van der Waals surface area contributed by atoms with E-state index in [9.17, 15) is 0 Å². The molecular formula is C15H25NO3. The van der Waals surface area contributed by atoms with E-state index in [4.69, 9.17) is 14.6 Å². The van der Waals surface area contributed by atoms with Gasteiger partial charge in [0.05, 0.1) is 14.2 Å². The number of aliphatic hydroxyl groups excluding tert-OH is 1. The van der Waals surface area contributed by atoms with Gasteiger partial charge in [-0.2, -0.15) is 0 Å². The Bertz CT molecular complexity index is 395. The van der Waals surface area contributed by atoms with Crippen LogP contribution in [0.5, 0.6) is 11.5 Å². The SMILES string of the molecule is CCC(C)(CCO)NCc1cccc(OC)c1OC. The van der Waals surface area contributed by atoms with E-state index in [1.165, 1.54) is 0 Å². The van der Waals surface area contributed by atoms with Crippen LogP contribution in [-0.4, -0.2) is 31.5 Å². The normalized spacial score (nSPS) is 13.9. The van der Waals surface area contributed by atoms with Crippen molar-refractivity contribution in [1.82, 2.24) is 5.32 Å². The molecule has 0 amide bonds. The summed E-state index contributed by atoms with van der Waals surface area (Å²) in [6, 6.07) is 5.85. The first kappa shape index (κ1) is 15.8. The highest BCUT2D eigenvalue weighted by atomic mass is 16.5. The lowest BCUT2D eigenvalue weighted by Gasteiger charge is -2.29. The second-order valence-corrected chi connectivity index (χ2v) is 4.89. The lowest BCUT2D eigenvalue weighted by Crippen LogP contribution is -2.42. The molecule has 2 N–H and O–H groups in total. The monoisotopic (exact) mass is 267 g/mol. The first-order chi connectivity index (χ1) is 9.10. The number of para-hydroxylation sites is 1. The minimum atomic E-state index is -0.0666. The van der Waals surface area contributed by atoms with Crippen LogP contribution in [0.25, 0.3) is 0 Å². The Labute approximate surface area is 115 Å². The molecule has 1 atom stereocenters. The average Bonchev–Trinajstić information content (AvgIpc) is 2.44. The van der Waals surface area contributed by atoms with E-state index in [1.807, 2.05) is 18.2 Å². The second kappa shape index (κ2) is 7.36. The van der Waals surface area contributed by atoms with Gasteiger partial charge in [-0.15, -0.1) is 0 Å². The van der Waals surface area contributed by atoms with Gasteiger partial charge in [0, 0.05) is 24.3 Å². The molecule has 108 valence electrons. The molecule has 0 fully saturated rings. The minimum Gasteiger partial charge on any atom is -0.493 e. The van der Waals surface area contributed by atoms with Crippen LogP contribution in [0.3, 0.4) is 0 Å². The molecule has 4 nitrogen and oxygen atoms in total. The number of benzene rings is 1. The van der Waals surface area contributed by atoms with Gasteiger partial charge in [0.15, 0.2) is 11.5 Å². The van der Waals surface area contributed by atoms with Gasteiger partial charge in [-0.25, -0.2) is 0 Å². The van der Waals surface area contributed by atoms with E-state index in [-0.39, 0.29) is 12.1 Å². The molecule has 0 aromatic heterocycles. The van der Waals surface area contributed by atoms with Crippen molar-refractivity contribution in [2.75, 3.05) is 20.8 Å². The number of ether oxygens (including phenoxy) is 2. The summed E-state index contributed by atoms with van der Waals surface area (Å²) in [5.41, 5.74) is 0.988. The highest BCUT2D eigenvalue weighted by Crippen LogP contribution is 2.31. The minimum absolute atomic E-state index is 0.0666. The standard InChI is InChI=1S/C15H25NO3/c1-5-15(2,9-10-17)16-11-12-7-6-8-13(18-3)14(12)19-4/h6-8,16-17H,5,9-11H2,1-4H3. The number of nitrogens with one attached hydrogen (secondary N) is 1. The zero-order chi connectivity index (χ0) is 14.3. The summed E-state index contributed by atoms with van der Waals surface area (Å²) >= 11 is 0. The molecule has 1 rings (SSSR count). The molecule has 0 heterocycles. The Morgan fingerprint density at radius 1 is 1.26 bits per heavy atom. The van der Waals surface area contributed by atoms with E-state index >= 15 is 0 Å². The van der Waals surface area contributed by atoms with Crippen molar-refractivity contribution in [3.05, 3.63) is 23.8 Å². The fraction of sp³-hybridized carbons (Fsp3) is 0.600. The van der Waals surface area contributed by atoms with Crippen LogP contribution >= 0.6 is 0 Å². The molecule has 0 aliphatic heterocycles. The Morgan fingerprint density at radius 2 is 2.00 bits per heavy atom. The van der Waals surface area contributed by atoms with Gasteiger partial charge < -0.3 is 19.9 Å². The summed E-state index contributed by atoms with van der Waals surface area (Å²) in [4.78, 5) is 0. The van der Waals surface area contributed by atoms with Gasteiger partial charge in [-0.3, -0.25) is 0 Å². The first-order valence-corrected chi connectivity index (χ1v) is 6.66. The quantitative estimate of drug-likeness (QED) is 0.759. The molecule has 0 bridgehead atoms. The summed E-state index contributed by atoms with van der Waals surface area (Å²) in [6.07, 6.45) is 1.69. The fourth-order valence-corrected chi connectivity index (χ4v) is 2.04. The fourth-order valence-electron chi connectivity index (χ4n) is 2.04. The molecule has 0 aliphatic rings. The molecule has 1 aromatic rings. The van der Waals surface area contributed by atoms with Crippen molar-refractivity contribution in [3.8, 4) is 11.5 Å². The summed E-state index contributed by atoms with van der Waals surface area (Å²) < 4.78 is 10.7. The van der Waals surface area contributed by atoms with E-state index in [0.717, 1.165) is 29.9 Å². The molecule has 4 heteroatoms. The molecule has 1 unspecified atom stereocenters. The third kappa shape index (κ3) is 4.11. The van der Waals surface area contributed by atoms with E-state index in [1.54, 1.807) is 14.2 Å². The van der Waals surface area contributed by atoms with Gasteiger partial charge in [0.25, 0.3) is 0 Å². The van der Waals surface area contributed by atoms with Crippen molar-refractivity contribution in [3.63, 3.8) is 0 Å². The summed E-state index contributed by atoms with van der Waals surface area (Å²) in [5.74, 6) is 1.50. The molecule has 0 aliphatic carbocycles. The molecule has 19 heavy (non-hydrogen) atoms. The Balaban J connectivity index is 2.82. The van der Waals surface area contributed by atoms with Gasteiger partial charge >= 0.3 is 0 Å². The van der Waals surface area contributed by atoms with E-state index in [0.29, 0.717) is 6.54 Å². The van der Waals surface area contributed by atoms with Crippen molar-refractivity contribution in [1.29, 1.82) is 0 Å². The Hall–Kier alpha value is -1.26. The highest BCUT2D eigenvalue weighted by molar-refractivity contribution is 5.46. The van der Waals surface area contributed by atoms with Crippen LogP contribution in [0.2, 0.25) is 0 Å². The summed E-state index contributed by atoms with van der Waals surface area (Å²) in [7, 11) is 3.28. The molecule has 0 spiro atoms. The maximum atomic E-state index is 9.13. The second-order valence-electron chi connectivity index (χ2n) is 4.89. The Kier molecular flexibility index (Phi) is 6.12. The van der Waals surface area contributed by atoms with Gasteiger partial charge in [-0.05, 0) is 25.8 Å². The zero-order valence-corrected chi connectivity index (χ0v) is 12.3. The van der Waals surface area contributed by atoms with Crippen LogP contribution in [0, 0.1) is 0 Å². The number of methoxy groups -OCH3 is 2. The number of hydrogen-bond donors (Lipinski definition) is 2. The predicted octanol–water partition coefficient (Wildman–Crippen LogP) is 2.34. The third-order valence-corrected chi connectivity index (χ3v) is 3.63. The first-order valence-electron chi connectivity index (χ1n) is 6.66. The van der Waals surface area contributed by atoms with Gasteiger partial charge in [0.1, 0.15) is 0 Å². The number of hydrogen-bond acceptors (Lipinski definition) is 4. The third-order valence-electron chi connectivity index (χ3n) is 3.63. The molecule has 0 saturated carbocycles. The zero-order valence-electron chi connectivity index (χ0n) is 12.3. The maximum absolute atomic E-state index is 9.13. The van der Waals surface area contributed by atoms with Crippen LogP contribution < -0.4 is 14.8 Å². The number of aliphatic hydroxyl groups is 1. The van der Waals surface area contributed by atoms with Gasteiger partial charge in [-0.1, -0.05) is 19.1 Å². The average molecular weight is 267 g/mol. The van der Waals surface area contributed by atoms with E-state index < -0.39 is 0 Å². The van der Waals surface area contributed by atoms with Crippen LogP contribution in [0.1, 0.15) is 32.3 Å². The maximum Gasteiger partial charge on any atom is 0.165 e. The van der Waals surface area contributed by atoms with Crippen molar-refractivity contribution < 1.29 is 14.6 Å².